The van der Waals surface area contributed by atoms with Crippen molar-refractivity contribution in [2.24, 2.45) is 5.84 Å². The molecule has 3 N–H and O–H groups in total. The van der Waals surface area contributed by atoms with Gasteiger partial charge in [0, 0.05) is 20.2 Å². The Bertz CT molecular complexity index is 803. The molecular formula is C15H11ClF2N2S. The van der Waals surface area contributed by atoms with Crippen molar-refractivity contribution in [2.75, 3.05) is 0 Å². The van der Waals surface area contributed by atoms with Gasteiger partial charge in [0.15, 0.2) is 0 Å². The Morgan fingerprint density at radius 2 is 1.90 bits per heavy atom. The van der Waals surface area contributed by atoms with Crippen molar-refractivity contribution < 1.29 is 8.78 Å². The van der Waals surface area contributed by atoms with Crippen LogP contribution < -0.4 is 11.3 Å². The predicted molar refractivity (Wildman–Crippen MR) is 82.4 cm³/mol. The van der Waals surface area contributed by atoms with Crippen LogP contribution in [0.2, 0.25) is 5.02 Å². The number of hydrazine groups is 1. The number of hydrogen-bond acceptors (Lipinski definition) is 3. The third kappa shape index (κ3) is 2.78. The predicted octanol–water partition coefficient (Wildman–Crippen LogP) is 4.39. The molecule has 0 bridgehead atoms. The molecule has 3 rings (SSSR count). The number of fused-ring (bicyclic) bond motifs is 1. The van der Waals surface area contributed by atoms with Crippen molar-refractivity contribution >= 4 is 33.0 Å². The number of benzene rings is 2. The summed E-state index contributed by atoms with van der Waals surface area (Å²) >= 11 is 7.13. The van der Waals surface area contributed by atoms with Gasteiger partial charge in [-0.15, -0.1) is 11.3 Å². The second-order valence-corrected chi connectivity index (χ2v) is 6.15. The van der Waals surface area contributed by atoms with Gasteiger partial charge in [0.1, 0.15) is 11.6 Å². The highest BCUT2D eigenvalue weighted by atomic mass is 35.5. The SMILES string of the molecule is NNC(c1cc2ccc(F)cc2s1)c1ccc(Cl)cc1F. The fourth-order valence-corrected chi connectivity index (χ4v) is 3.56. The number of thiophene rings is 1. The molecule has 1 aromatic heterocycles. The molecule has 6 heteroatoms. The van der Waals surface area contributed by atoms with Crippen LogP contribution in [0.4, 0.5) is 8.78 Å². The minimum absolute atomic E-state index is 0.300. The van der Waals surface area contributed by atoms with Crippen LogP contribution in [-0.4, -0.2) is 0 Å². The Balaban J connectivity index is 2.09. The van der Waals surface area contributed by atoms with Gasteiger partial charge in [-0.1, -0.05) is 23.7 Å². The van der Waals surface area contributed by atoms with Gasteiger partial charge in [-0.2, -0.15) is 0 Å². The second-order valence-electron chi connectivity index (χ2n) is 4.60. The van der Waals surface area contributed by atoms with Crippen molar-refractivity contribution in [1.82, 2.24) is 5.43 Å². The number of rotatable bonds is 3. The van der Waals surface area contributed by atoms with E-state index in [0.717, 1.165) is 15.0 Å². The van der Waals surface area contributed by atoms with E-state index in [0.29, 0.717) is 10.6 Å². The molecule has 0 amide bonds. The molecule has 0 radical (unpaired) electrons. The Morgan fingerprint density at radius 3 is 2.62 bits per heavy atom. The molecule has 1 heterocycles. The topological polar surface area (TPSA) is 38.0 Å². The summed E-state index contributed by atoms with van der Waals surface area (Å²) in [6.45, 7) is 0. The number of nitrogens with one attached hydrogen (secondary N) is 1. The Kier molecular flexibility index (Phi) is 3.91. The van der Waals surface area contributed by atoms with Gasteiger partial charge >= 0.3 is 0 Å². The van der Waals surface area contributed by atoms with Crippen LogP contribution >= 0.6 is 22.9 Å². The second kappa shape index (κ2) is 5.69. The first kappa shape index (κ1) is 14.4. The summed E-state index contributed by atoms with van der Waals surface area (Å²) in [5.74, 6) is 4.84. The maximum Gasteiger partial charge on any atom is 0.129 e. The fourth-order valence-electron chi connectivity index (χ4n) is 2.23. The van der Waals surface area contributed by atoms with E-state index in [4.69, 9.17) is 17.4 Å². The van der Waals surface area contributed by atoms with E-state index in [-0.39, 0.29) is 5.82 Å². The van der Waals surface area contributed by atoms with E-state index >= 15 is 0 Å². The van der Waals surface area contributed by atoms with Crippen LogP contribution in [0, 0.1) is 11.6 Å². The molecule has 0 aliphatic heterocycles. The lowest BCUT2D eigenvalue weighted by molar-refractivity contribution is 0.564. The molecule has 0 fully saturated rings. The smallest absolute Gasteiger partial charge is 0.129 e. The zero-order valence-electron chi connectivity index (χ0n) is 10.7. The highest BCUT2D eigenvalue weighted by Gasteiger charge is 2.19. The maximum atomic E-state index is 14.1. The zero-order valence-corrected chi connectivity index (χ0v) is 12.3. The molecule has 0 saturated carbocycles. The van der Waals surface area contributed by atoms with E-state index in [1.807, 2.05) is 6.07 Å². The summed E-state index contributed by atoms with van der Waals surface area (Å²) in [4.78, 5) is 0.805. The average molecular weight is 325 g/mol. The first-order valence-electron chi connectivity index (χ1n) is 6.18. The lowest BCUT2D eigenvalue weighted by Crippen LogP contribution is -2.28. The summed E-state index contributed by atoms with van der Waals surface area (Å²) in [5, 5.41) is 1.22. The number of halogens is 3. The Labute approximate surface area is 129 Å². The molecule has 2 nitrogen and oxygen atoms in total. The first-order chi connectivity index (χ1) is 10.1. The summed E-state index contributed by atoms with van der Waals surface area (Å²) in [7, 11) is 0. The zero-order chi connectivity index (χ0) is 15.0. The minimum Gasteiger partial charge on any atom is -0.271 e. The molecule has 0 spiro atoms. The molecule has 0 aliphatic rings. The van der Waals surface area contributed by atoms with E-state index in [1.54, 1.807) is 18.2 Å². The lowest BCUT2D eigenvalue weighted by Gasteiger charge is -2.15. The third-order valence-electron chi connectivity index (χ3n) is 3.23. The van der Waals surface area contributed by atoms with Crippen LogP contribution in [0.15, 0.2) is 42.5 Å². The van der Waals surface area contributed by atoms with Crippen molar-refractivity contribution in [3.8, 4) is 0 Å². The summed E-state index contributed by atoms with van der Waals surface area (Å²) in [6, 6.07) is 10.3. The fraction of sp³-hybridized carbons (Fsp3) is 0.0667. The van der Waals surface area contributed by atoms with Crippen LogP contribution in [0.5, 0.6) is 0 Å². The Hall–Kier alpha value is -1.53. The summed E-state index contributed by atoms with van der Waals surface area (Å²) < 4.78 is 28.1. The normalized spacial score (nSPS) is 12.8. The van der Waals surface area contributed by atoms with Crippen LogP contribution in [0.1, 0.15) is 16.5 Å². The molecule has 1 unspecified atom stereocenters. The molecular weight excluding hydrogens is 314 g/mol. The van der Waals surface area contributed by atoms with Crippen molar-refractivity contribution in [3.63, 3.8) is 0 Å². The largest absolute Gasteiger partial charge is 0.271 e. The number of hydrogen-bond donors (Lipinski definition) is 2. The summed E-state index contributed by atoms with van der Waals surface area (Å²) in [6.07, 6.45) is 0. The van der Waals surface area contributed by atoms with E-state index < -0.39 is 11.9 Å². The first-order valence-corrected chi connectivity index (χ1v) is 7.38. The van der Waals surface area contributed by atoms with Gasteiger partial charge in [-0.3, -0.25) is 5.84 Å². The molecule has 1 atom stereocenters. The monoisotopic (exact) mass is 324 g/mol. The minimum atomic E-state index is -0.511. The average Bonchev–Trinajstić information content (AvgIpc) is 2.84. The standard InChI is InChI=1S/C15H11ClF2N2S/c16-9-2-4-11(12(18)6-9)15(20-19)14-5-8-1-3-10(17)7-13(8)21-14/h1-7,15,20H,19H2. The molecule has 3 aromatic rings. The van der Waals surface area contributed by atoms with Crippen LogP contribution in [0.25, 0.3) is 10.1 Å². The van der Waals surface area contributed by atoms with Crippen LogP contribution in [0.3, 0.4) is 0 Å². The molecule has 2 aromatic carbocycles. The molecule has 0 saturated heterocycles. The lowest BCUT2D eigenvalue weighted by atomic mass is 10.0. The van der Waals surface area contributed by atoms with E-state index in [9.17, 15) is 8.78 Å². The quantitative estimate of drug-likeness (QED) is 0.554. The van der Waals surface area contributed by atoms with Gasteiger partial charge < -0.3 is 0 Å². The maximum absolute atomic E-state index is 14.1. The van der Waals surface area contributed by atoms with E-state index in [2.05, 4.69) is 5.43 Å². The van der Waals surface area contributed by atoms with Gasteiger partial charge in [-0.25, -0.2) is 14.2 Å². The van der Waals surface area contributed by atoms with E-state index in [1.165, 1.54) is 29.5 Å². The van der Waals surface area contributed by atoms with Gasteiger partial charge in [-0.05, 0) is 35.7 Å². The van der Waals surface area contributed by atoms with Crippen LogP contribution in [-0.2, 0) is 0 Å². The van der Waals surface area contributed by atoms with Gasteiger partial charge in [0.25, 0.3) is 0 Å². The summed E-state index contributed by atoms with van der Waals surface area (Å²) in [5.41, 5.74) is 3.00. The van der Waals surface area contributed by atoms with Gasteiger partial charge in [0.2, 0.25) is 0 Å². The highest BCUT2D eigenvalue weighted by molar-refractivity contribution is 7.19. The number of nitrogens with two attached hydrogens (primary N) is 1. The molecule has 108 valence electrons. The molecule has 21 heavy (non-hydrogen) atoms. The van der Waals surface area contributed by atoms with Crippen molar-refractivity contribution in [1.29, 1.82) is 0 Å². The molecule has 0 aliphatic carbocycles. The van der Waals surface area contributed by atoms with Gasteiger partial charge in [0.05, 0.1) is 6.04 Å². The Morgan fingerprint density at radius 1 is 1.10 bits per heavy atom. The third-order valence-corrected chi connectivity index (χ3v) is 4.62. The van der Waals surface area contributed by atoms with Crippen molar-refractivity contribution in [3.05, 3.63) is 69.6 Å². The highest BCUT2D eigenvalue weighted by Crippen LogP contribution is 2.34. The van der Waals surface area contributed by atoms with Crippen molar-refractivity contribution in [2.45, 2.75) is 6.04 Å².